The minimum atomic E-state index is 0.571. The second kappa shape index (κ2) is 7.90. The van der Waals surface area contributed by atoms with Gasteiger partial charge in [0, 0.05) is 5.75 Å². The van der Waals surface area contributed by atoms with Crippen molar-refractivity contribution >= 4 is 22.6 Å². The Bertz CT molecular complexity index is 668. The lowest BCUT2D eigenvalue weighted by Gasteiger charge is -2.08. The molecule has 0 heterocycles. The Morgan fingerprint density at radius 3 is 2.64 bits per heavy atom. The topological polar surface area (TPSA) is 47.6 Å². The Labute approximate surface area is 136 Å². The van der Waals surface area contributed by atoms with Gasteiger partial charge in [-0.05, 0) is 49.6 Å². The molecule has 3 nitrogen and oxygen atoms in total. The Hall–Kier alpha value is -1.94. The largest absolute Gasteiger partial charge is 0.492 e. The third kappa shape index (κ3) is 4.81. The van der Waals surface area contributed by atoms with E-state index in [-0.39, 0.29) is 0 Å². The highest BCUT2D eigenvalue weighted by molar-refractivity contribution is 8.13. The molecule has 116 valence electrons. The fourth-order valence-corrected chi connectivity index (χ4v) is 2.55. The van der Waals surface area contributed by atoms with E-state index in [1.807, 2.05) is 44.2 Å². The van der Waals surface area contributed by atoms with E-state index in [2.05, 4.69) is 24.0 Å². The van der Waals surface area contributed by atoms with E-state index in [1.165, 1.54) is 17.3 Å². The van der Waals surface area contributed by atoms with Crippen LogP contribution in [-0.4, -0.2) is 17.5 Å². The van der Waals surface area contributed by atoms with Crippen LogP contribution in [0.25, 0.3) is 0 Å². The first-order chi connectivity index (χ1) is 10.6. The number of hydrogen-bond acceptors (Lipinski definition) is 3. The van der Waals surface area contributed by atoms with Crippen molar-refractivity contribution in [2.24, 2.45) is 10.7 Å². The summed E-state index contributed by atoms with van der Waals surface area (Å²) in [5.74, 6) is 1.70. The lowest BCUT2D eigenvalue weighted by molar-refractivity contribution is 0.342. The first kappa shape index (κ1) is 16.4. The lowest BCUT2D eigenvalue weighted by Crippen LogP contribution is -2.10. The maximum absolute atomic E-state index is 5.99. The van der Waals surface area contributed by atoms with Crippen LogP contribution in [0.3, 0.4) is 0 Å². The van der Waals surface area contributed by atoms with Crippen molar-refractivity contribution in [2.45, 2.75) is 20.8 Å². The summed E-state index contributed by atoms with van der Waals surface area (Å²) >= 11 is 1.51. The average molecular weight is 314 g/mol. The molecule has 2 aromatic rings. The Kier molecular flexibility index (Phi) is 5.90. The van der Waals surface area contributed by atoms with E-state index >= 15 is 0 Å². The quantitative estimate of drug-likeness (QED) is 0.506. The SMILES string of the molecule is Cc1ccc(C)c(N=C(N)SCCOc2ccccc2C)c1. The highest BCUT2D eigenvalue weighted by atomic mass is 32.2. The predicted molar refractivity (Wildman–Crippen MR) is 96.3 cm³/mol. The van der Waals surface area contributed by atoms with Gasteiger partial charge in [-0.3, -0.25) is 0 Å². The summed E-state index contributed by atoms with van der Waals surface area (Å²) in [5.41, 5.74) is 10.4. The Morgan fingerprint density at radius 2 is 1.86 bits per heavy atom. The summed E-state index contributed by atoms with van der Waals surface area (Å²) in [7, 11) is 0. The zero-order chi connectivity index (χ0) is 15.9. The molecule has 4 heteroatoms. The van der Waals surface area contributed by atoms with Crippen LogP contribution in [-0.2, 0) is 0 Å². The summed E-state index contributed by atoms with van der Waals surface area (Å²) in [6, 6.07) is 14.2. The van der Waals surface area contributed by atoms with Gasteiger partial charge in [-0.1, -0.05) is 42.1 Å². The maximum Gasteiger partial charge on any atom is 0.159 e. The van der Waals surface area contributed by atoms with Gasteiger partial charge in [-0.25, -0.2) is 4.99 Å². The minimum absolute atomic E-state index is 0.571. The standard InChI is InChI=1S/C18H22N2OS/c1-13-8-9-14(2)16(12-13)20-18(19)22-11-10-21-17-7-5-4-6-15(17)3/h4-9,12H,10-11H2,1-3H3,(H2,19,20). The van der Waals surface area contributed by atoms with Crippen molar-refractivity contribution in [3.05, 3.63) is 59.2 Å². The number of rotatable bonds is 5. The molecular formula is C18H22N2OS. The monoisotopic (exact) mass is 314 g/mol. The van der Waals surface area contributed by atoms with Gasteiger partial charge in [0.25, 0.3) is 0 Å². The first-order valence-corrected chi connectivity index (χ1v) is 8.27. The van der Waals surface area contributed by atoms with Crippen LogP contribution in [0.1, 0.15) is 16.7 Å². The van der Waals surface area contributed by atoms with E-state index in [0.29, 0.717) is 11.8 Å². The highest BCUT2D eigenvalue weighted by Gasteiger charge is 2.01. The van der Waals surface area contributed by atoms with Crippen LogP contribution in [0.5, 0.6) is 5.75 Å². The molecule has 0 aliphatic carbocycles. The molecule has 2 rings (SSSR count). The van der Waals surface area contributed by atoms with Crippen molar-refractivity contribution in [2.75, 3.05) is 12.4 Å². The van der Waals surface area contributed by atoms with Crippen molar-refractivity contribution < 1.29 is 4.74 Å². The number of benzene rings is 2. The first-order valence-electron chi connectivity index (χ1n) is 7.29. The lowest BCUT2D eigenvalue weighted by atomic mass is 10.1. The summed E-state index contributed by atoms with van der Waals surface area (Å²) in [4.78, 5) is 4.48. The number of thioether (sulfide) groups is 1. The molecule has 0 saturated heterocycles. The molecule has 0 spiro atoms. The molecule has 0 radical (unpaired) electrons. The number of para-hydroxylation sites is 1. The minimum Gasteiger partial charge on any atom is -0.492 e. The number of nitrogens with zero attached hydrogens (tertiary/aromatic N) is 1. The van der Waals surface area contributed by atoms with Crippen LogP contribution < -0.4 is 10.5 Å². The Morgan fingerprint density at radius 1 is 1.09 bits per heavy atom. The summed E-state index contributed by atoms with van der Waals surface area (Å²) in [6.45, 7) is 6.74. The van der Waals surface area contributed by atoms with E-state index in [1.54, 1.807) is 0 Å². The smallest absolute Gasteiger partial charge is 0.159 e. The molecule has 2 N–H and O–H groups in total. The van der Waals surface area contributed by atoms with Crippen LogP contribution in [0.4, 0.5) is 5.69 Å². The number of nitrogens with two attached hydrogens (primary N) is 1. The van der Waals surface area contributed by atoms with Crippen molar-refractivity contribution in [3.63, 3.8) is 0 Å². The van der Waals surface area contributed by atoms with Gasteiger partial charge in [0.15, 0.2) is 5.17 Å². The van der Waals surface area contributed by atoms with Gasteiger partial charge >= 0.3 is 0 Å². The zero-order valence-electron chi connectivity index (χ0n) is 13.3. The van der Waals surface area contributed by atoms with Crippen LogP contribution in [0.2, 0.25) is 0 Å². The fraction of sp³-hybridized carbons (Fsp3) is 0.278. The summed E-state index contributed by atoms with van der Waals surface area (Å²) in [6.07, 6.45) is 0. The maximum atomic E-state index is 5.99. The van der Waals surface area contributed by atoms with E-state index in [4.69, 9.17) is 10.5 Å². The molecule has 0 aliphatic heterocycles. The number of hydrogen-bond donors (Lipinski definition) is 1. The number of amidine groups is 1. The van der Waals surface area contributed by atoms with Gasteiger partial charge in [0.05, 0.1) is 12.3 Å². The molecule has 0 amide bonds. The predicted octanol–water partition coefficient (Wildman–Crippen LogP) is 4.37. The van der Waals surface area contributed by atoms with E-state index < -0.39 is 0 Å². The Balaban J connectivity index is 1.85. The summed E-state index contributed by atoms with van der Waals surface area (Å²) in [5, 5.41) is 0.571. The third-order valence-electron chi connectivity index (χ3n) is 3.28. The van der Waals surface area contributed by atoms with Gasteiger partial charge in [0.2, 0.25) is 0 Å². The molecular weight excluding hydrogens is 292 g/mol. The third-order valence-corrected chi connectivity index (χ3v) is 4.04. The normalized spacial score (nSPS) is 11.5. The van der Waals surface area contributed by atoms with Gasteiger partial charge < -0.3 is 10.5 Å². The molecule has 0 unspecified atom stereocenters. The molecule has 0 fully saturated rings. The van der Waals surface area contributed by atoms with Crippen molar-refractivity contribution in [1.29, 1.82) is 0 Å². The highest BCUT2D eigenvalue weighted by Crippen LogP contribution is 2.21. The van der Waals surface area contributed by atoms with Crippen molar-refractivity contribution in [3.8, 4) is 5.75 Å². The van der Waals surface area contributed by atoms with Crippen LogP contribution in [0, 0.1) is 20.8 Å². The van der Waals surface area contributed by atoms with Gasteiger partial charge in [-0.2, -0.15) is 0 Å². The molecule has 22 heavy (non-hydrogen) atoms. The van der Waals surface area contributed by atoms with Crippen LogP contribution >= 0.6 is 11.8 Å². The fourth-order valence-electron chi connectivity index (χ4n) is 2.01. The average Bonchev–Trinajstić information content (AvgIpc) is 2.49. The zero-order valence-corrected chi connectivity index (χ0v) is 14.1. The molecule has 0 bridgehead atoms. The molecule has 0 aromatic heterocycles. The van der Waals surface area contributed by atoms with Gasteiger partial charge in [-0.15, -0.1) is 0 Å². The second-order valence-electron chi connectivity index (χ2n) is 5.20. The molecule has 0 atom stereocenters. The molecule has 0 saturated carbocycles. The van der Waals surface area contributed by atoms with E-state index in [9.17, 15) is 0 Å². The summed E-state index contributed by atoms with van der Waals surface area (Å²) < 4.78 is 5.75. The van der Waals surface area contributed by atoms with Crippen molar-refractivity contribution in [1.82, 2.24) is 0 Å². The second-order valence-corrected chi connectivity index (χ2v) is 6.32. The van der Waals surface area contributed by atoms with Crippen LogP contribution in [0.15, 0.2) is 47.5 Å². The number of ether oxygens (including phenoxy) is 1. The molecule has 0 aliphatic rings. The van der Waals surface area contributed by atoms with Gasteiger partial charge in [0.1, 0.15) is 5.75 Å². The number of aryl methyl sites for hydroxylation is 3. The molecule has 2 aromatic carbocycles. The van der Waals surface area contributed by atoms with E-state index in [0.717, 1.165) is 28.3 Å². The number of aliphatic imine (C=N–C) groups is 1.